The molecule has 0 spiro atoms. The van der Waals surface area contributed by atoms with Crippen LogP contribution < -0.4 is 0 Å². The monoisotopic (exact) mass is 329 g/mol. The van der Waals surface area contributed by atoms with Crippen molar-refractivity contribution in [3.05, 3.63) is 23.5 Å². The highest BCUT2D eigenvalue weighted by molar-refractivity contribution is 14.2. The van der Waals surface area contributed by atoms with Gasteiger partial charge in [0.15, 0.2) is 11.5 Å². The van der Waals surface area contributed by atoms with E-state index in [1.165, 1.54) is 21.6 Å². The summed E-state index contributed by atoms with van der Waals surface area (Å²) in [7, 11) is 1.33. The number of hydrogen-bond acceptors (Lipinski definition) is 3. The molecule has 2 heterocycles. The lowest BCUT2D eigenvalue weighted by Crippen LogP contribution is -1.85. The smallest absolute Gasteiger partial charge is 0.158 e. The molecule has 2 aromatic rings. The molecule has 0 saturated carbocycles. The molecule has 68 valence electrons. The highest BCUT2D eigenvalue weighted by atomic mass is 127. The number of halogens is 3. The summed E-state index contributed by atoms with van der Waals surface area (Å²) in [6.45, 7) is 0. The van der Waals surface area contributed by atoms with Gasteiger partial charge in [-0.3, -0.25) is 3.97 Å². The minimum Gasteiger partial charge on any atom is -0.263 e. The molecule has 0 unspecified atom stereocenters. The van der Waals surface area contributed by atoms with Crippen LogP contribution in [-0.4, -0.2) is 13.9 Å². The molecule has 0 aromatic carbocycles. The lowest BCUT2D eigenvalue weighted by Gasteiger charge is -1.95. The summed E-state index contributed by atoms with van der Waals surface area (Å²) >= 11 is 7.75. The Morgan fingerprint density at radius 1 is 1.54 bits per heavy atom. The van der Waals surface area contributed by atoms with Crippen LogP contribution in [0, 0.1) is 5.82 Å². The van der Waals surface area contributed by atoms with Gasteiger partial charge >= 0.3 is 0 Å². The van der Waals surface area contributed by atoms with E-state index in [1.54, 1.807) is 3.97 Å². The van der Waals surface area contributed by atoms with E-state index in [9.17, 15) is 4.39 Å². The van der Waals surface area contributed by atoms with Crippen molar-refractivity contribution >= 4 is 53.0 Å². The Bertz CT molecular complexity index is 460. The molecular formula is C6H2ClFIN3S. The van der Waals surface area contributed by atoms with Crippen LogP contribution in [0.2, 0.25) is 5.15 Å². The largest absolute Gasteiger partial charge is 0.263 e. The topological polar surface area (TPSA) is 30.7 Å². The van der Waals surface area contributed by atoms with Crippen LogP contribution in [0.3, 0.4) is 0 Å². The fraction of sp³-hybridized carbons (Fsp3) is 0. The molecule has 2 aromatic heterocycles. The Labute approximate surface area is 94.4 Å². The maximum atomic E-state index is 13.3. The van der Waals surface area contributed by atoms with E-state index in [4.69, 9.17) is 11.6 Å². The Morgan fingerprint density at radius 3 is 3.00 bits per heavy atom. The lowest BCUT2D eigenvalue weighted by molar-refractivity contribution is 0.638. The van der Waals surface area contributed by atoms with Gasteiger partial charge in [-0.15, -0.1) is 0 Å². The van der Waals surface area contributed by atoms with E-state index in [-0.39, 0.29) is 10.5 Å². The fourth-order valence-electron chi connectivity index (χ4n) is 1.01. The predicted molar refractivity (Wildman–Crippen MR) is 59.5 cm³/mol. The quantitative estimate of drug-likeness (QED) is 0.595. The zero-order valence-corrected chi connectivity index (χ0v) is 9.77. The molecule has 0 saturated heterocycles. The molecule has 0 amide bonds. The normalized spacial score (nSPS) is 11.0. The van der Waals surface area contributed by atoms with Gasteiger partial charge in [0.1, 0.15) is 11.5 Å². The van der Waals surface area contributed by atoms with Gasteiger partial charge in [-0.2, -0.15) is 0 Å². The van der Waals surface area contributed by atoms with Crippen molar-refractivity contribution in [3.8, 4) is 0 Å². The average Bonchev–Trinajstić information content (AvgIpc) is 2.44. The number of aromatic nitrogens is 3. The van der Waals surface area contributed by atoms with Crippen molar-refractivity contribution in [2.75, 3.05) is 0 Å². The molecule has 0 fully saturated rings. The minimum absolute atomic E-state index is 0.145. The fourth-order valence-corrected chi connectivity index (χ4v) is 2.46. The maximum absolute atomic E-state index is 13.3. The number of hydrogen-bond donors (Lipinski definition) is 0. The van der Waals surface area contributed by atoms with Gasteiger partial charge in [-0.25, -0.2) is 14.4 Å². The second kappa shape index (κ2) is 3.58. The summed E-state index contributed by atoms with van der Waals surface area (Å²) in [6.07, 6.45) is 2.65. The molecule has 0 aliphatic rings. The molecule has 2 rings (SSSR count). The molecule has 13 heavy (non-hydrogen) atoms. The first kappa shape index (κ1) is 9.47. The zero-order valence-electron chi connectivity index (χ0n) is 6.04. The van der Waals surface area contributed by atoms with E-state index in [0.29, 0.717) is 5.65 Å². The van der Waals surface area contributed by atoms with Crippen molar-refractivity contribution < 1.29 is 4.39 Å². The van der Waals surface area contributed by atoms with Crippen molar-refractivity contribution in [1.82, 2.24) is 13.9 Å². The Morgan fingerprint density at radius 2 is 2.31 bits per heavy atom. The first-order valence-corrected chi connectivity index (χ1v) is 6.89. The van der Waals surface area contributed by atoms with E-state index in [0.717, 1.165) is 0 Å². The van der Waals surface area contributed by atoms with Gasteiger partial charge in [0.2, 0.25) is 0 Å². The molecule has 0 atom stereocenters. The van der Waals surface area contributed by atoms with Crippen LogP contribution >= 0.6 is 41.9 Å². The van der Waals surface area contributed by atoms with Crippen molar-refractivity contribution in [2.45, 2.75) is 0 Å². The van der Waals surface area contributed by atoms with Gasteiger partial charge < -0.3 is 0 Å². The number of fused-ring (bicyclic) bond motifs is 1. The molecule has 7 heteroatoms. The number of nitrogens with zero attached hydrogens (tertiary/aromatic N) is 3. The SMILES string of the molecule is Fc1cn(SI)c2ncnc(Cl)c12. The first-order valence-electron chi connectivity index (χ1n) is 3.20. The second-order valence-corrected chi connectivity index (χ2v) is 4.31. The van der Waals surface area contributed by atoms with Crippen molar-refractivity contribution in [3.63, 3.8) is 0 Å². The summed E-state index contributed by atoms with van der Waals surface area (Å²) in [5.74, 6) is -0.398. The maximum Gasteiger partial charge on any atom is 0.158 e. The lowest BCUT2D eigenvalue weighted by atomic mass is 10.4. The third-order valence-corrected chi connectivity index (χ3v) is 3.52. The second-order valence-electron chi connectivity index (χ2n) is 2.23. The van der Waals surface area contributed by atoms with E-state index in [1.807, 2.05) is 21.2 Å². The average molecular weight is 330 g/mol. The van der Waals surface area contributed by atoms with Crippen LogP contribution in [0.15, 0.2) is 12.5 Å². The molecular weight excluding hydrogens is 328 g/mol. The Kier molecular flexibility index (Phi) is 2.61. The van der Waals surface area contributed by atoms with Gasteiger partial charge in [0, 0.05) is 30.3 Å². The van der Waals surface area contributed by atoms with E-state index >= 15 is 0 Å². The van der Waals surface area contributed by atoms with Crippen molar-refractivity contribution in [2.24, 2.45) is 0 Å². The van der Waals surface area contributed by atoms with Gasteiger partial charge in [-0.05, 0) is 0 Å². The van der Waals surface area contributed by atoms with E-state index in [2.05, 4.69) is 9.97 Å². The first-order chi connectivity index (χ1) is 6.24. The third kappa shape index (κ3) is 1.50. The predicted octanol–water partition coefficient (Wildman–Crippen LogP) is 3.07. The standard InChI is InChI=1S/C6H2ClFIN3S/c7-5-4-3(8)1-12(13-9)6(4)11-2-10-5/h1-2H. The molecule has 0 N–H and O–H groups in total. The Balaban J connectivity index is 2.87. The molecule has 0 aliphatic carbocycles. The summed E-state index contributed by atoms with van der Waals surface area (Å²) in [4.78, 5) is 7.64. The van der Waals surface area contributed by atoms with Gasteiger partial charge in [0.25, 0.3) is 0 Å². The third-order valence-electron chi connectivity index (χ3n) is 1.53. The van der Waals surface area contributed by atoms with Crippen LogP contribution in [-0.2, 0) is 0 Å². The van der Waals surface area contributed by atoms with Crippen LogP contribution in [0.1, 0.15) is 0 Å². The summed E-state index contributed by atoms with van der Waals surface area (Å²) in [5, 5.41) is 0.417. The van der Waals surface area contributed by atoms with Crippen LogP contribution in [0.5, 0.6) is 0 Å². The van der Waals surface area contributed by atoms with Gasteiger partial charge in [0.05, 0.1) is 11.6 Å². The molecule has 0 aliphatic heterocycles. The molecule has 3 nitrogen and oxygen atoms in total. The van der Waals surface area contributed by atoms with Gasteiger partial charge in [-0.1, -0.05) is 11.6 Å². The zero-order chi connectivity index (χ0) is 9.42. The highest BCUT2D eigenvalue weighted by Crippen LogP contribution is 2.29. The van der Waals surface area contributed by atoms with E-state index < -0.39 is 5.82 Å². The van der Waals surface area contributed by atoms with Crippen LogP contribution in [0.4, 0.5) is 4.39 Å². The summed E-state index contributed by atoms with van der Waals surface area (Å²) < 4.78 is 14.8. The Hall–Kier alpha value is -0.0800. The summed E-state index contributed by atoms with van der Waals surface area (Å²) in [5.41, 5.74) is 0.497. The van der Waals surface area contributed by atoms with Crippen LogP contribution in [0.25, 0.3) is 11.0 Å². The summed E-state index contributed by atoms with van der Waals surface area (Å²) in [6, 6.07) is 0. The van der Waals surface area contributed by atoms with Crippen molar-refractivity contribution in [1.29, 1.82) is 0 Å². The minimum atomic E-state index is -0.398. The molecule has 0 bridgehead atoms. The highest BCUT2D eigenvalue weighted by Gasteiger charge is 2.13. The molecule has 0 radical (unpaired) electrons. The number of rotatable bonds is 1.